The molecule has 0 saturated heterocycles. The van der Waals surface area contributed by atoms with Gasteiger partial charge in [0.15, 0.2) is 0 Å². The van der Waals surface area contributed by atoms with Crippen LogP contribution in [0.5, 0.6) is 5.88 Å². The Hall–Kier alpha value is -3.78. The number of ether oxygens (including phenoxy) is 2. The number of nitrogens with zero attached hydrogens (tertiary/aromatic N) is 5. The maximum Gasteiger partial charge on any atom is 0.316 e. The molecule has 0 unspecified atom stereocenters. The average Bonchev–Trinajstić information content (AvgIpc) is 3.85. The Kier molecular flexibility index (Phi) is 7.40. The number of aromatic nitrogens is 5. The van der Waals surface area contributed by atoms with Gasteiger partial charge in [-0.05, 0) is 62.3 Å². The summed E-state index contributed by atoms with van der Waals surface area (Å²) in [5, 5.41) is 4.49. The van der Waals surface area contributed by atoms with Gasteiger partial charge in [0.1, 0.15) is 6.10 Å². The summed E-state index contributed by atoms with van der Waals surface area (Å²) in [6.45, 7) is 4.32. The van der Waals surface area contributed by atoms with E-state index in [4.69, 9.17) is 14.5 Å². The summed E-state index contributed by atoms with van der Waals surface area (Å²) in [5.74, 6) is 0.467. The van der Waals surface area contributed by atoms with Crippen LogP contribution in [0.25, 0.3) is 22.4 Å². The van der Waals surface area contributed by atoms with Gasteiger partial charge >= 0.3 is 5.97 Å². The van der Waals surface area contributed by atoms with E-state index < -0.39 is 5.41 Å². The largest absolute Gasteiger partial charge is 0.473 e. The molecule has 9 heteroatoms. The lowest BCUT2D eigenvalue weighted by molar-refractivity contribution is -0.146. The lowest BCUT2D eigenvalue weighted by atomic mass is 9.89. The van der Waals surface area contributed by atoms with E-state index in [9.17, 15) is 4.79 Å². The molecule has 0 N–H and O–H groups in total. The van der Waals surface area contributed by atoms with Crippen molar-refractivity contribution in [3.63, 3.8) is 0 Å². The summed E-state index contributed by atoms with van der Waals surface area (Å²) >= 11 is 0. The summed E-state index contributed by atoms with van der Waals surface area (Å²) in [6.07, 6.45) is 11.9. The number of aryl methyl sites for hydroxylation is 2. The predicted molar refractivity (Wildman–Crippen MR) is 152 cm³/mol. The highest BCUT2D eigenvalue weighted by Gasteiger charge is 2.53. The van der Waals surface area contributed by atoms with Crippen LogP contribution in [0.4, 0.5) is 0 Å². The number of carbonyl (C=O) groups excluding carboxylic acids is 1. The van der Waals surface area contributed by atoms with Gasteiger partial charge in [0.05, 0.1) is 41.5 Å². The first kappa shape index (κ1) is 26.8. The molecule has 0 spiro atoms. The van der Waals surface area contributed by atoms with Crippen LogP contribution in [-0.4, -0.2) is 43.4 Å². The third kappa shape index (κ3) is 5.39. The van der Waals surface area contributed by atoms with Crippen molar-refractivity contribution in [1.29, 1.82) is 0 Å². The van der Waals surface area contributed by atoms with E-state index in [-0.39, 0.29) is 25.9 Å². The van der Waals surface area contributed by atoms with Gasteiger partial charge in [-0.15, -0.1) is 12.4 Å². The second-order valence-electron chi connectivity index (χ2n) is 10.2. The van der Waals surface area contributed by atoms with Gasteiger partial charge in [-0.25, -0.2) is 4.98 Å². The summed E-state index contributed by atoms with van der Waals surface area (Å²) < 4.78 is 13.0. The van der Waals surface area contributed by atoms with E-state index in [1.165, 1.54) is 0 Å². The second-order valence-corrected chi connectivity index (χ2v) is 10.2. The van der Waals surface area contributed by atoms with Gasteiger partial charge in [0, 0.05) is 38.4 Å². The zero-order valence-corrected chi connectivity index (χ0v) is 23.2. The van der Waals surface area contributed by atoms with Gasteiger partial charge in [-0.2, -0.15) is 5.10 Å². The molecule has 0 amide bonds. The Morgan fingerprint density at radius 1 is 1.10 bits per heavy atom. The highest BCUT2D eigenvalue weighted by atomic mass is 35.5. The first-order valence-electron chi connectivity index (χ1n) is 13.2. The van der Waals surface area contributed by atoms with Crippen molar-refractivity contribution in [3.05, 3.63) is 77.6 Å². The first-order valence-corrected chi connectivity index (χ1v) is 13.2. The van der Waals surface area contributed by atoms with Crippen LogP contribution in [0, 0.1) is 6.92 Å². The number of benzene rings is 1. The van der Waals surface area contributed by atoms with Crippen molar-refractivity contribution in [3.8, 4) is 28.3 Å². The molecule has 0 radical (unpaired) electrons. The van der Waals surface area contributed by atoms with E-state index in [0.717, 1.165) is 70.6 Å². The van der Waals surface area contributed by atoms with Crippen LogP contribution in [0.1, 0.15) is 56.5 Å². The minimum atomic E-state index is -0.467. The number of carbonyl (C=O) groups is 1. The smallest absolute Gasteiger partial charge is 0.316 e. The average molecular weight is 548 g/mol. The molecule has 8 nitrogen and oxygen atoms in total. The maximum absolute atomic E-state index is 12.6. The molecule has 2 aliphatic carbocycles. The van der Waals surface area contributed by atoms with Crippen molar-refractivity contribution >= 4 is 18.4 Å². The number of halogens is 1. The molecule has 6 rings (SSSR count). The van der Waals surface area contributed by atoms with Gasteiger partial charge in [-0.1, -0.05) is 24.3 Å². The van der Waals surface area contributed by atoms with Crippen LogP contribution in [0.15, 0.2) is 55.1 Å². The molecular weight excluding hydrogens is 514 g/mol. The third-order valence-electron chi connectivity index (χ3n) is 7.42. The number of esters is 1. The summed E-state index contributed by atoms with van der Waals surface area (Å²) in [5.41, 5.74) is 7.44. The summed E-state index contributed by atoms with van der Waals surface area (Å²) in [7, 11) is 1.93. The van der Waals surface area contributed by atoms with E-state index in [1.54, 1.807) is 12.4 Å². The highest BCUT2D eigenvalue weighted by Crippen LogP contribution is 2.50. The van der Waals surface area contributed by atoms with E-state index in [1.807, 2.05) is 37.1 Å². The van der Waals surface area contributed by atoms with Crippen LogP contribution in [0.3, 0.4) is 0 Å². The molecule has 0 aliphatic heterocycles. The molecule has 3 heterocycles. The fourth-order valence-electron chi connectivity index (χ4n) is 5.02. The lowest BCUT2D eigenvalue weighted by Gasteiger charge is -2.17. The molecule has 2 aliphatic rings. The molecule has 39 heavy (non-hydrogen) atoms. The molecule has 2 saturated carbocycles. The fourth-order valence-corrected chi connectivity index (χ4v) is 5.02. The Labute approximate surface area is 235 Å². The quantitative estimate of drug-likeness (QED) is 0.250. The predicted octanol–water partition coefficient (Wildman–Crippen LogP) is 5.64. The van der Waals surface area contributed by atoms with Crippen LogP contribution >= 0.6 is 12.4 Å². The molecule has 3 aromatic heterocycles. The zero-order chi connectivity index (χ0) is 26.3. The number of hydrogen-bond acceptors (Lipinski definition) is 7. The van der Waals surface area contributed by atoms with E-state index >= 15 is 0 Å². The highest BCUT2D eigenvalue weighted by molar-refractivity contribution is 5.87. The van der Waals surface area contributed by atoms with Crippen molar-refractivity contribution in [2.75, 3.05) is 6.61 Å². The topological polar surface area (TPSA) is 92.0 Å². The van der Waals surface area contributed by atoms with Gasteiger partial charge < -0.3 is 9.47 Å². The SMILES string of the molecule is CCOC(=O)C1(c2ccc(-c3ccc(-c4cnn(C)c4Cc4cncc(OC5CC5)n4)nc3)cc2C)CC1.Cl.[HH]. The van der Waals surface area contributed by atoms with Crippen molar-refractivity contribution in [2.45, 2.75) is 57.5 Å². The molecule has 4 aromatic rings. The zero-order valence-electron chi connectivity index (χ0n) is 22.4. The maximum atomic E-state index is 12.6. The van der Waals surface area contributed by atoms with Crippen LogP contribution < -0.4 is 4.74 Å². The van der Waals surface area contributed by atoms with E-state index in [0.29, 0.717) is 18.9 Å². The van der Waals surface area contributed by atoms with Crippen molar-refractivity contribution < 1.29 is 15.7 Å². The lowest BCUT2D eigenvalue weighted by Crippen LogP contribution is -2.24. The molecular formula is C30H34ClN5O3. The monoisotopic (exact) mass is 547 g/mol. The summed E-state index contributed by atoms with van der Waals surface area (Å²) in [6, 6.07) is 10.4. The Bertz CT molecular complexity index is 1500. The molecule has 0 bridgehead atoms. The Morgan fingerprint density at radius 3 is 2.56 bits per heavy atom. The van der Waals surface area contributed by atoms with Crippen molar-refractivity contribution in [2.24, 2.45) is 7.05 Å². The Morgan fingerprint density at radius 2 is 1.90 bits per heavy atom. The van der Waals surface area contributed by atoms with Crippen LogP contribution in [0.2, 0.25) is 0 Å². The van der Waals surface area contributed by atoms with Crippen LogP contribution in [-0.2, 0) is 28.4 Å². The Balaban J connectivity index is 0.00000185. The van der Waals surface area contributed by atoms with Gasteiger partial charge in [0.25, 0.3) is 0 Å². The van der Waals surface area contributed by atoms with E-state index in [2.05, 4.69) is 46.3 Å². The molecule has 0 atom stereocenters. The fraction of sp³-hybridized carbons (Fsp3) is 0.367. The summed E-state index contributed by atoms with van der Waals surface area (Å²) in [4.78, 5) is 26.3. The molecule has 204 valence electrons. The number of pyridine rings is 1. The minimum absolute atomic E-state index is 0. The number of rotatable bonds is 9. The van der Waals surface area contributed by atoms with Gasteiger partial charge in [-0.3, -0.25) is 19.4 Å². The normalized spacial score (nSPS) is 15.4. The number of hydrogen-bond donors (Lipinski definition) is 0. The standard InChI is InChI=1S/C30H31N5O3.ClH.H2/c1-4-37-29(36)30(11-12-30)25-9-5-20(13-19(25)2)21-6-10-26(32-15-21)24-17-33-35(3)27(24)14-22-16-31-18-28(34-22)38-23-7-8-23;;/h5-6,9-10,13,15-18,23H,4,7-8,11-12,14H2,1-3H3;2*1H. The minimum Gasteiger partial charge on any atom is -0.473 e. The second kappa shape index (κ2) is 10.8. The van der Waals surface area contributed by atoms with Gasteiger partial charge in [0.2, 0.25) is 5.88 Å². The molecule has 1 aromatic carbocycles. The third-order valence-corrected chi connectivity index (χ3v) is 7.42. The molecule has 2 fully saturated rings. The van der Waals surface area contributed by atoms with Crippen molar-refractivity contribution in [1.82, 2.24) is 24.7 Å². The first-order chi connectivity index (χ1) is 18.5.